The number of nitrogens with one attached hydrogen (secondary N) is 1. The van der Waals surface area contributed by atoms with E-state index in [1.807, 2.05) is 69.3 Å². The highest BCUT2D eigenvalue weighted by atomic mass is 79.9. The summed E-state index contributed by atoms with van der Waals surface area (Å²) in [7, 11) is -2.61. The first-order valence-electron chi connectivity index (χ1n) is 15.1. The second-order valence-corrected chi connectivity index (χ2v) is 14.0. The second kappa shape index (κ2) is 15.9. The molecule has 2 atom stereocenters. The van der Waals surface area contributed by atoms with Crippen molar-refractivity contribution in [2.45, 2.75) is 57.1 Å². The van der Waals surface area contributed by atoms with Crippen LogP contribution in [0, 0.1) is 6.92 Å². The number of carbonyl (C=O) groups is 2. The number of methoxy groups -OCH3 is 1. The van der Waals surface area contributed by atoms with Crippen molar-refractivity contribution in [2.75, 3.05) is 18.0 Å². The molecule has 0 spiro atoms. The summed E-state index contributed by atoms with van der Waals surface area (Å²) in [6, 6.07) is 29.0. The van der Waals surface area contributed by atoms with Crippen molar-refractivity contribution < 1.29 is 22.7 Å². The number of ether oxygens (including phenoxy) is 1. The van der Waals surface area contributed by atoms with Crippen LogP contribution in [0.25, 0.3) is 0 Å². The van der Waals surface area contributed by atoms with Crippen LogP contribution in [-0.4, -0.2) is 50.9 Å². The van der Waals surface area contributed by atoms with E-state index in [1.165, 1.54) is 17.0 Å². The first-order valence-corrected chi connectivity index (χ1v) is 17.4. The average Bonchev–Trinajstić information content (AvgIpc) is 3.06. The van der Waals surface area contributed by atoms with Crippen LogP contribution in [0.4, 0.5) is 5.69 Å². The first kappa shape index (κ1) is 34.7. The van der Waals surface area contributed by atoms with Crippen LogP contribution in [-0.2, 0) is 32.6 Å². The van der Waals surface area contributed by atoms with Gasteiger partial charge in [0.2, 0.25) is 11.8 Å². The molecule has 0 aliphatic rings. The van der Waals surface area contributed by atoms with Gasteiger partial charge in [-0.2, -0.15) is 0 Å². The lowest BCUT2D eigenvalue weighted by Crippen LogP contribution is -2.54. The Bertz CT molecular complexity index is 1720. The number of hydrogen-bond acceptors (Lipinski definition) is 5. The molecule has 242 valence electrons. The molecule has 8 nitrogen and oxygen atoms in total. The van der Waals surface area contributed by atoms with Crippen LogP contribution in [0.1, 0.15) is 37.0 Å². The molecule has 4 aromatic carbocycles. The van der Waals surface area contributed by atoms with E-state index in [1.54, 1.807) is 49.6 Å². The van der Waals surface area contributed by atoms with Crippen molar-refractivity contribution in [3.63, 3.8) is 0 Å². The van der Waals surface area contributed by atoms with Gasteiger partial charge >= 0.3 is 0 Å². The van der Waals surface area contributed by atoms with Gasteiger partial charge in [0.1, 0.15) is 18.3 Å². The Kier molecular flexibility index (Phi) is 12.0. The molecule has 0 aromatic heterocycles. The van der Waals surface area contributed by atoms with E-state index < -0.39 is 28.5 Å². The number of anilines is 1. The minimum atomic E-state index is -4.17. The minimum absolute atomic E-state index is 0.0558. The monoisotopic (exact) mass is 705 g/mol. The molecule has 0 unspecified atom stereocenters. The topological polar surface area (TPSA) is 96.0 Å². The van der Waals surface area contributed by atoms with E-state index in [4.69, 9.17) is 4.74 Å². The molecule has 0 aliphatic heterocycles. The number of aryl methyl sites for hydroxylation is 1. The largest absolute Gasteiger partial charge is 0.497 e. The van der Waals surface area contributed by atoms with E-state index in [2.05, 4.69) is 21.2 Å². The average molecular weight is 707 g/mol. The first-order chi connectivity index (χ1) is 22.0. The Morgan fingerprint density at radius 1 is 0.891 bits per heavy atom. The second-order valence-electron chi connectivity index (χ2n) is 11.2. The van der Waals surface area contributed by atoms with Crippen molar-refractivity contribution in [2.24, 2.45) is 0 Å². The number of hydrogen-bond donors (Lipinski definition) is 1. The SMILES string of the molecule is CC[C@@H](C)NC(=O)[C@H](Cc1ccccc1)N(Cc1cccc(OC)c1)C(=O)CN(c1ccc(Br)cc1)S(=O)(=O)c1ccc(C)cc1. The fourth-order valence-electron chi connectivity index (χ4n) is 4.94. The predicted octanol–water partition coefficient (Wildman–Crippen LogP) is 6.52. The number of nitrogens with zero attached hydrogens (tertiary/aromatic N) is 2. The molecule has 1 N–H and O–H groups in total. The standard InChI is InChI=1S/C36H40BrN3O5S/c1-5-27(3)38-36(42)34(23-28-10-7-6-8-11-28)39(24-29-12-9-13-32(22-29)45-4)35(41)25-40(31-18-16-30(37)17-19-31)46(43,44)33-20-14-26(2)15-21-33/h6-22,27,34H,5,23-25H2,1-4H3,(H,38,42)/t27-,34+/m1/s1. The molecule has 4 rings (SSSR count). The normalized spacial score (nSPS) is 12.5. The Morgan fingerprint density at radius 2 is 1.54 bits per heavy atom. The highest BCUT2D eigenvalue weighted by molar-refractivity contribution is 9.10. The molecule has 0 aliphatic carbocycles. The molecule has 0 radical (unpaired) electrons. The Labute approximate surface area is 280 Å². The number of sulfonamides is 1. The van der Waals surface area contributed by atoms with Crippen LogP contribution in [0.15, 0.2) is 112 Å². The van der Waals surface area contributed by atoms with Gasteiger partial charge in [0.25, 0.3) is 10.0 Å². The zero-order valence-corrected chi connectivity index (χ0v) is 28.9. The van der Waals surface area contributed by atoms with E-state index in [0.717, 1.165) is 25.5 Å². The quantitative estimate of drug-likeness (QED) is 0.161. The van der Waals surface area contributed by atoms with Crippen molar-refractivity contribution in [1.29, 1.82) is 0 Å². The third-order valence-corrected chi connectivity index (χ3v) is 10.1. The molecule has 0 bridgehead atoms. The molecule has 46 heavy (non-hydrogen) atoms. The van der Waals surface area contributed by atoms with Gasteiger partial charge < -0.3 is 15.0 Å². The van der Waals surface area contributed by atoms with Crippen LogP contribution < -0.4 is 14.4 Å². The molecule has 2 amide bonds. The zero-order chi connectivity index (χ0) is 33.3. The summed E-state index contributed by atoms with van der Waals surface area (Å²) in [5.41, 5.74) is 2.83. The molecule has 10 heteroatoms. The van der Waals surface area contributed by atoms with Crippen molar-refractivity contribution in [3.05, 3.63) is 124 Å². The summed E-state index contributed by atoms with van der Waals surface area (Å²) >= 11 is 3.41. The van der Waals surface area contributed by atoms with Gasteiger partial charge in [-0.05, 0) is 79.9 Å². The van der Waals surface area contributed by atoms with Gasteiger partial charge in [-0.25, -0.2) is 8.42 Å². The van der Waals surface area contributed by atoms with Gasteiger partial charge in [0.05, 0.1) is 17.7 Å². The van der Waals surface area contributed by atoms with E-state index >= 15 is 0 Å². The lowest BCUT2D eigenvalue weighted by molar-refractivity contribution is -0.140. The summed E-state index contributed by atoms with van der Waals surface area (Å²) in [5, 5.41) is 3.05. The van der Waals surface area contributed by atoms with Crippen LogP contribution in [0.3, 0.4) is 0 Å². The van der Waals surface area contributed by atoms with Gasteiger partial charge in [-0.1, -0.05) is 83.0 Å². The highest BCUT2D eigenvalue weighted by Crippen LogP contribution is 2.27. The Balaban J connectivity index is 1.81. The lowest BCUT2D eigenvalue weighted by atomic mass is 10.0. The Morgan fingerprint density at radius 3 is 2.17 bits per heavy atom. The van der Waals surface area contributed by atoms with Gasteiger partial charge in [-0.3, -0.25) is 13.9 Å². The molecule has 0 heterocycles. The number of amides is 2. The van der Waals surface area contributed by atoms with Gasteiger partial charge in [0, 0.05) is 23.5 Å². The molecule has 0 saturated carbocycles. The summed E-state index contributed by atoms with van der Waals surface area (Å²) in [5.74, 6) is -0.236. The lowest BCUT2D eigenvalue weighted by Gasteiger charge is -2.34. The van der Waals surface area contributed by atoms with Crippen LogP contribution in [0.5, 0.6) is 5.75 Å². The fraction of sp³-hybridized carbons (Fsp3) is 0.278. The maximum atomic E-state index is 14.6. The molecular weight excluding hydrogens is 666 g/mol. The molecule has 0 saturated heterocycles. The van der Waals surface area contributed by atoms with E-state index in [9.17, 15) is 18.0 Å². The van der Waals surface area contributed by atoms with E-state index in [0.29, 0.717) is 17.9 Å². The number of halogens is 1. The summed E-state index contributed by atoms with van der Waals surface area (Å²) < 4.78 is 35.6. The van der Waals surface area contributed by atoms with Gasteiger partial charge in [-0.15, -0.1) is 0 Å². The number of rotatable bonds is 14. The van der Waals surface area contributed by atoms with E-state index in [-0.39, 0.29) is 29.8 Å². The summed E-state index contributed by atoms with van der Waals surface area (Å²) in [6.45, 7) is 5.29. The fourth-order valence-corrected chi connectivity index (χ4v) is 6.61. The smallest absolute Gasteiger partial charge is 0.264 e. The van der Waals surface area contributed by atoms with Crippen molar-refractivity contribution >= 4 is 43.5 Å². The molecule has 0 fully saturated rings. The number of benzene rings is 4. The Hall–Kier alpha value is -4.15. The summed E-state index contributed by atoms with van der Waals surface area (Å²) in [6.07, 6.45) is 0.946. The third kappa shape index (κ3) is 8.98. The highest BCUT2D eigenvalue weighted by Gasteiger charge is 2.35. The minimum Gasteiger partial charge on any atom is -0.497 e. The number of carbonyl (C=O) groups excluding carboxylic acids is 2. The van der Waals surface area contributed by atoms with Crippen molar-refractivity contribution in [3.8, 4) is 5.75 Å². The molecular formula is C36H40BrN3O5S. The van der Waals surface area contributed by atoms with Crippen LogP contribution in [0.2, 0.25) is 0 Å². The predicted molar refractivity (Wildman–Crippen MR) is 185 cm³/mol. The third-order valence-electron chi connectivity index (χ3n) is 7.76. The van der Waals surface area contributed by atoms with Crippen molar-refractivity contribution in [1.82, 2.24) is 10.2 Å². The molecule has 4 aromatic rings. The van der Waals surface area contributed by atoms with Gasteiger partial charge in [0.15, 0.2) is 0 Å². The van der Waals surface area contributed by atoms with Crippen LogP contribution >= 0.6 is 15.9 Å². The maximum Gasteiger partial charge on any atom is 0.264 e. The summed E-state index contributed by atoms with van der Waals surface area (Å²) in [4.78, 5) is 30.1. The zero-order valence-electron chi connectivity index (χ0n) is 26.5. The maximum absolute atomic E-state index is 14.6.